The molecular formula is C14H13FN2O3. The van der Waals surface area contributed by atoms with Crippen molar-refractivity contribution in [1.29, 1.82) is 0 Å². The van der Waals surface area contributed by atoms with Crippen LogP contribution in [0.2, 0.25) is 0 Å². The molecule has 0 heterocycles. The summed E-state index contributed by atoms with van der Waals surface area (Å²) in [5.41, 5.74) is 5.66. The molecule has 0 amide bonds. The van der Waals surface area contributed by atoms with Gasteiger partial charge in [-0.3, -0.25) is 0 Å². The Kier molecular flexibility index (Phi) is 4.05. The maximum Gasteiger partial charge on any atom is 0.173 e. The summed E-state index contributed by atoms with van der Waals surface area (Å²) in [7, 11) is 1.54. The second-order valence-corrected chi connectivity index (χ2v) is 3.91. The Bertz CT molecular complexity index is 644. The lowest BCUT2D eigenvalue weighted by atomic mass is 10.2. The van der Waals surface area contributed by atoms with Gasteiger partial charge in [0.25, 0.3) is 0 Å². The molecule has 0 fully saturated rings. The van der Waals surface area contributed by atoms with Gasteiger partial charge in [-0.2, -0.15) is 0 Å². The Hall–Kier alpha value is -2.76. The number of methoxy groups -OCH3 is 1. The standard InChI is InChI=1S/C14H13FN2O3/c1-19-10-3-2-4-11(8-10)20-13-6-5-9(15)7-12(13)14(16)17-18/h2-8,18H,1H3,(H2,16,17). The lowest BCUT2D eigenvalue weighted by Crippen LogP contribution is -2.14. The molecule has 0 saturated heterocycles. The van der Waals surface area contributed by atoms with Gasteiger partial charge in [-0.1, -0.05) is 11.2 Å². The summed E-state index contributed by atoms with van der Waals surface area (Å²) in [6, 6.07) is 10.7. The fraction of sp³-hybridized carbons (Fsp3) is 0.0714. The Morgan fingerprint density at radius 2 is 1.95 bits per heavy atom. The summed E-state index contributed by atoms with van der Waals surface area (Å²) in [6.45, 7) is 0. The van der Waals surface area contributed by atoms with Gasteiger partial charge in [0.1, 0.15) is 23.1 Å². The molecule has 20 heavy (non-hydrogen) atoms. The van der Waals surface area contributed by atoms with Gasteiger partial charge in [-0.15, -0.1) is 0 Å². The molecular weight excluding hydrogens is 263 g/mol. The Morgan fingerprint density at radius 1 is 1.20 bits per heavy atom. The molecule has 2 aromatic rings. The number of benzene rings is 2. The lowest BCUT2D eigenvalue weighted by Gasteiger charge is -2.11. The molecule has 5 nitrogen and oxygen atoms in total. The average Bonchev–Trinajstić information content (AvgIpc) is 2.48. The molecule has 0 atom stereocenters. The van der Waals surface area contributed by atoms with E-state index in [-0.39, 0.29) is 17.1 Å². The number of hydrogen-bond acceptors (Lipinski definition) is 4. The van der Waals surface area contributed by atoms with Gasteiger partial charge in [0, 0.05) is 6.07 Å². The molecule has 3 N–H and O–H groups in total. The molecule has 0 aliphatic carbocycles. The predicted octanol–water partition coefficient (Wildman–Crippen LogP) is 2.72. The molecule has 0 aliphatic heterocycles. The molecule has 104 valence electrons. The van der Waals surface area contributed by atoms with Crippen molar-refractivity contribution in [3.8, 4) is 17.2 Å². The van der Waals surface area contributed by atoms with Gasteiger partial charge >= 0.3 is 0 Å². The fourth-order valence-corrected chi connectivity index (χ4v) is 1.64. The maximum absolute atomic E-state index is 13.2. The summed E-state index contributed by atoms with van der Waals surface area (Å²) in [5, 5.41) is 11.6. The minimum atomic E-state index is -0.510. The summed E-state index contributed by atoms with van der Waals surface area (Å²) in [5.74, 6) is 0.639. The van der Waals surface area contributed by atoms with E-state index in [2.05, 4.69) is 5.16 Å². The highest BCUT2D eigenvalue weighted by atomic mass is 19.1. The van der Waals surface area contributed by atoms with Gasteiger partial charge in [-0.05, 0) is 30.3 Å². The van der Waals surface area contributed by atoms with E-state index in [9.17, 15) is 4.39 Å². The van der Waals surface area contributed by atoms with E-state index in [0.29, 0.717) is 11.5 Å². The molecule has 2 aromatic carbocycles. The highest BCUT2D eigenvalue weighted by molar-refractivity contribution is 5.99. The molecule has 0 aromatic heterocycles. The second-order valence-electron chi connectivity index (χ2n) is 3.91. The minimum absolute atomic E-state index is 0.162. The van der Waals surface area contributed by atoms with E-state index in [0.717, 1.165) is 6.07 Å². The SMILES string of the molecule is COc1cccc(Oc2ccc(F)cc2C(N)=NO)c1. The molecule has 0 aliphatic rings. The number of halogens is 1. The van der Waals surface area contributed by atoms with Crippen molar-refractivity contribution < 1.29 is 19.1 Å². The smallest absolute Gasteiger partial charge is 0.173 e. The van der Waals surface area contributed by atoms with E-state index in [1.165, 1.54) is 12.1 Å². The number of rotatable bonds is 4. The fourth-order valence-electron chi connectivity index (χ4n) is 1.64. The highest BCUT2D eigenvalue weighted by Crippen LogP contribution is 2.28. The summed E-state index contributed by atoms with van der Waals surface area (Å²) in [4.78, 5) is 0. The molecule has 2 rings (SSSR count). The predicted molar refractivity (Wildman–Crippen MR) is 72.0 cm³/mol. The molecule has 0 spiro atoms. The summed E-state index contributed by atoms with van der Waals surface area (Å²) >= 11 is 0. The second kappa shape index (κ2) is 5.92. The van der Waals surface area contributed by atoms with Crippen LogP contribution in [0.1, 0.15) is 5.56 Å². The monoisotopic (exact) mass is 276 g/mol. The normalized spacial score (nSPS) is 11.2. The Morgan fingerprint density at radius 3 is 2.65 bits per heavy atom. The van der Waals surface area contributed by atoms with Crippen molar-refractivity contribution >= 4 is 5.84 Å². The zero-order valence-corrected chi connectivity index (χ0v) is 10.7. The highest BCUT2D eigenvalue weighted by Gasteiger charge is 2.11. The van der Waals surface area contributed by atoms with Crippen LogP contribution in [0, 0.1) is 5.82 Å². The van der Waals surface area contributed by atoms with Gasteiger partial charge < -0.3 is 20.4 Å². The number of nitrogens with two attached hydrogens (primary N) is 1. The maximum atomic E-state index is 13.2. The molecule has 6 heteroatoms. The third-order valence-electron chi connectivity index (χ3n) is 2.59. The van der Waals surface area contributed by atoms with Crippen LogP contribution in [-0.4, -0.2) is 18.2 Å². The molecule has 0 saturated carbocycles. The van der Waals surface area contributed by atoms with Crippen LogP contribution in [-0.2, 0) is 0 Å². The van der Waals surface area contributed by atoms with Crippen molar-refractivity contribution in [2.45, 2.75) is 0 Å². The zero-order chi connectivity index (χ0) is 14.5. The lowest BCUT2D eigenvalue weighted by molar-refractivity contribution is 0.318. The molecule has 0 bridgehead atoms. The number of ether oxygens (including phenoxy) is 2. The van der Waals surface area contributed by atoms with E-state index in [1.54, 1.807) is 31.4 Å². The van der Waals surface area contributed by atoms with E-state index in [1.807, 2.05) is 0 Å². The van der Waals surface area contributed by atoms with Crippen LogP contribution in [0.4, 0.5) is 4.39 Å². The topological polar surface area (TPSA) is 77.1 Å². The zero-order valence-electron chi connectivity index (χ0n) is 10.7. The van der Waals surface area contributed by atoms with Crippen LogP contribution < -0.4 is 15.2 Å². The number of nitrogens with zero attached hydrogens (tertiary/aromatic N) is 1. The van der Waals surface area contributed by atoms with Crippen molar-refractivity contribution in [2.24, 2.45) is 10.9 Å². The number of oxime groups is 1. The first-order valence-electron chi connectivity index (χ1n) is 5.73. The van der Waals surface area contributed by atoms with Gasteiger partial charge in [0.05, 0.1) is 12.7 Å². The van der Waals surface area contributed by atoms with Crippen molar-refractivity contribution in [3.05, 3.63) is 53.8 Å². The van der Waals surface area contributed by atoms with Gasteiger partial charge in [0.2, 0.25) is 0 Å². The summed E-state index contributed by atoms with van der Waals surface area (Å²) in [6.07, 6.45) is 0. The average molecular weight is 276 g/mol. The third kappa shape index (κ3) is 2.97. The number of amidine groups is 1. The van der Waals surface area contributed by atoms with Crippen LogP contribution in [0.5, 0.6) is 17.2 Å². The summed E-state index contributed by atoms with van der Waals surface area (Å²) < 4.78 is 23.9. The van der Waals surface area contributed by atoms with E-state index >= 15 is 0 Å². The Labute approximate surface area is 115 Å². The first-order chi connectivity index (χ1) is 9.63. The third-order valence-corrected chi connectivity index (χ3v) is 2.59. The minimum Gasteiger partial charge on any atom is -0.497 e. The van der Waals surface area contributed by atoms with Crippen molar-refractivity contribution in [1.82, 2.24) is 0 Å². The van der Waals surface area contributed by atoms with E-state index in [4.69, 9.17) is 20.4 Å². The van der Waals surface area contributed by atoms with Gasteiger partial charge in [-0.25, -0.2) is 4.39 Å². The van der Waals surface area contributed by atoms with Crippen molar-refractivity contribution in [3.63, 3.8) is 0 Å². The van der Waals surface area contributed by atoms with E-state index < -0.39 is 5.82 Å². The van der Waals surface area contributed by atoms with Crippen LogP contribution in [0.3, 0.4) is 0 Å². The first-order valence-corrected chi connectivity index (χ1v) is 5.73. The van der Waals surface area contributed by atoms with Crippen LogP contribution >= 0.6 is 0 Å². The number of hydrogen-bond donors (Lipinski definition) is 2. The Balaban J connectivity index is 2.37. The van der Waals surface area contributed by atoms with Crippen LogP contribution in [0.25, 0.3) is 0 Å². The molecule has 0 unspecified atom stereocenters. The first kappa shape index (κ1) is 13.7. The van der Waals surface area contributed by atoms with Gasteiger partial charge in [0.15, 0.2) is 5.84 Å². The molecule has 0 radical (unpaired) electrons. The largest absolute Gasteiger partial charge is 0.497 e. The quantitative estimate of drug-likeness (QED) is 0.389. The van der Waals surface area contributed by atoms with Crippen LogP contribution in [0.15, 0.2) is 47.6 Å². The van der Waals surface area contributed by atoms with Crippen molar-refractivity contribution in [2.75, 3.05) is 7.11 Å².